The van der Waals surface area contributed by atoms with Gasteiger partial charge in [0.15, 0.2) is 0 Å². The number of carbonyl (C=O) groups is 1. The lowest BCUT2D eigenvalue weighted by molar-refractivity contribution is -0.120. The molecule has 3 heterocycles. The van der Waals surface area contributed by atoms with Crippen molar-refractivity contribution in [3.63, 3.8) is 0 Å². The lowest BCUT2D eigenvalue weighted by Crippen LogP contribution is -2.32. The first-order valence-electron chi connectivity index (χ1n) is 11.7. The summed E-state index contributed by atoms with van der Waals surface area (Å²) in [4.78, 5) is 23.1. The molecule has 1 amide bonds. The third-order valence-electron chi connectivity index (χ3n) is 6.82. The highest BCUT2D eigenvalue weighted by Crippen LogP contribution is 2.49. The van der Waals surface area contributed by atoms with Crippen molar-refractivity contribution in [2.24, 2.45) is 16.0 Å². The Morgan fingerprint density at radius 2 is 1.94 bits per heavy atom. The molecule has 2 aliphatic carbocycles. The van der Waals surface area contributed by atoms with E-state index in [-0.39, 0.29) is 5.91 Å². The standard InChI is InChI=1S/C24H32N6O/c1-3-30(4-2)12-9-17-21(15-5-6-15)19(28-22(17)16-7-8-16)13-20-23(26-11-10-25-20)18-14-27-29-24(18)31/h10-11,13-16,18,25,28H,3-9,12H2,1-2H3,(H,29,31). The summed E-state index contributed by atoms with van der Waals surface area (Å²) in [5.41, 5.74) is 9.81. The molecule has 1 aromatic heterocycles. The van der Waals surface area contributed by atoms with Crippen molar-refractivity contribution in [2.45, 2.75) is 57.8 Å². The van der Waals surface area contributed by atoms with Gasteiger partial charge in [0, 0.05) is 36.5 Å². The van der Waals surface area contributed by atoms with Gasteiger partial charge in [0.2, 0.25) is 0 Å². The number of likely N-dealkylation sites (N-methyl/N-ethyl adjacent to an activating group) is 1. The highest BCUT2D eigenvalue weighted by Gasteiger charge is 2.36. The van der Waals surface area contributed by atoms with E-state index < -0.39 is 5.92 Å². The second-order valence-corrected chi connectivity index (χ2v) is 8.93. The molecule has 164 valence electrons. The average Bonchev–Trinajstić information content (AvgIpc) is 3.72. The maximum Gasteiger partial charge on any atom is 0.254 e. The van der Waals surface area contributed by atoms with E-state index in [0.29, 0.717) is 11.8 Å². The van der Waals surface area contributed by atoms with Crippen molar-refractivity contribution >= 4 is 23.9 Å². The zero-order chi connectivity index (χ0) is 21.4. The molecule has 1 atom stereocenters. The minimum Gasteiger partial charge on any atom is -0.359 e. The van der Waals surface area contributed by atoms with E-state index in [0.717, 1.165) is 37.5 Å². The zero-order valence-electron chi connectivity index (χ0n) is 18.4. The molecule has 3 N–H and O–H groups in total. The Morgan fingerprint density at radius 1 is 1.16 bits per heavy atom. The van der Waals surface area contributed by atoms with Gasteiger partial charge >= 0.3 is 0 Å². The number of nitrogens with one attached hydrogen (secondary N) is 3. The van der Waals surface area contributed by atoms with E-state index in [1.807, 2.05) is 6.20 Å². The van der Waals surface area contributed by atoms with Crippen LogP contribution in [-0.4, -0.2) is 47.4 Å². The minimum atomic E-state index is -0.451. The molecule has 2 saturated carbocycles. The van der Waals surface area contributed by atoms with Crippen LogP contribution in [0.25, 0.3) is 6.08 Å². The van der Waals surface area contributed by atoms with Gasteiger partial charge in [0.05, 0.1) is 11.4 Å². The van der Waals surface area contributed by atoms with E-state index in [1.165, 1.54) is 42.6 Å². The van der Waals surface area contributed by atoms with Crippen LogP contribution in [-0.2, 0) is 11.2 Å². The monoisotopic (exact) mass is 420 g/mol. The SMILES string of the molecule is CCN(CC)CCc1c(C2CC2)[nH]c(C=C2NC=CN=C2C2C=NNC2=O)c1C1CC1. The summed E-state index contributed by atoms with van der Waals surface area (Å²) in [5.74, 6) is 0.747. The van der Waals surface area contributed by atoms with Crippen molar-refractivity contribution in [2.75, 3.05) is 19.6 Å². The Bertz CT molecular complexity index is 972. The summed E-state index contributed by atoms with van der Waals surface area (Å²) in [6, 6.07) is 0. The number of nitrogens with zero attached hydrogens (tertiary/aromatic N) is 3. The fourth-order valence-corrected chi connectivity index (χ4v) is 4.75. The Morgan fingerprint density at radius 3 is 2.58 bits per heavy atom. The summed E-state index contributed by atoms with van der Waals surface area (Å²) < 4.78 is 0. The molecule has 1 unspecified atom stereocenters. The van der Waals surface area contributed by atoms with Crippen molar-refractivity contribution in [3.8, 4) is 0 Å². The number of aliphatic imine (C=N–C) groups is 1. The van der Waals surface area contributed by atoms with Crippen LogP contribution in [0.4, 0.5) is 0 Å². The second-order valence-electron chi connectivity index (χ2n) is 8.93. The molecular formula is C24H32N6O. The molecule has 0 spiro atoms. The summed E-state index contributed by atoms with van der Waals surface area (Å²) in [5, 5.41) is 7.25. The third kappa shape index (κ3) is 4.11. The van der Waals surface area contributed by atoms with Crippen molar-refractivity contribution < 1.29 is 4.79 Å². The number of amides is 1. The number of aromatic nitrogens is 1. The summed E-state index contributed by atoms with van der Waals surface area (Å²) >= 11 is 0. The van der Waals surface area contributed by atoms with Gasteiger partial charge in [-0.2, -0.15) is 5.10 Å². The lowest BCUT2D eigenvalue weighted by atomic mass is 9.96. The highest BCUT2D eigenvalue weighted by molar-refractivity contribution is 6.24. The number of aromatic amines is 1. The smallest absolute Gasteiger partial charge is 0.254 e. The molecule has 2 fully saturated rings. The molecule has 0 bridgehead atoms. The molecule has 7 nitrogen and oxygen atoms in total. The molecule has 1 aromatic rings. The number of rotatable bonds is 9. The maximum atomic E-state index is 12.2. The lowest BCUT2D eigenvalue weighted by Gasteiger charge is -2.19. The Hall–Kier alpha value is -2.67. The first-order chi connectivity index (χ1) is 15.2. The van der Waals surface area contributed by atoms with Gasteiger partial charge in [-0.3, -0.25) is 9.79 Å². The van der Waals surface area contributed by atoms with Gasteiger partial charge in [-0.15, -0.1) is 0 Å². The van der Waals surface area contributed by atoms with Gasteiger partial charge in [-0.1, -0.05) is 13.8 Å². The normalized spacial score (nSPS) is 24.1. The molecule has 0 aromatic carbocycles. The van der Waals surface area contributed by atoms with E-state index in [4.69, 9.17) is 0 Å². The number of carbonyl (C=O) groups excluding carboxylic acids is 1. The van der Waals surface area contributed by atoms with Crippen LogP contribution in [0.1, 0.15) is 73.9 Å². The largest absolute Gasteiger partial charge is 0.359 e. The van der Waals surface area contributed by atoms with Crippen LogP contribution in [0.5, 0.6) is 0 Å². The number of allylic oxidation sites excluding steroid dienone is 1. The first-order valence-corrected chi connectivity index (χ1v) is 11.7. The molecule has 5 rings (SSSR count). The average molecular weight is 421 g/mol. The van der Waals surface area contributed by atoms with Crippen molar-refractivity contribution in [1.82, 2.24) is 20.6 Å². The van der Waals surface area contributed by atoms with Gasteiger partial charge in [-0.05, 0) is 74.2 Å². The predicted molar refractivity (Wildman–Crippen MR) is 124 cm³/mol. The van der Waals surface area contributed by atoms with Crippen molar-refractivity contribution in [1.29, 1.82) is 0 Å². The van der Waals surface area contributed by atoms with E-state index in [1.54, 1.807) is 18.0 Å². The van der Waals surface area contributed by atoms with E-state index >= 15 is 0 Å². The minimum absolute atomic E-state index is 0.130. The molecule has 31 heavy (non-hydrogen) atoms. The number of hydrogen-bond donors (Lipinski definition) is 3. The van der Waals surface area contributed by atoms with Crippen LogP contribution in [0.15, 0.2) is 28.2 Å². The van der Waals surface area contributed by atoms with Crippen LogP contribution in [0, 0.1) is 5.92 Å². The van der Waals surface area contributed by atoms with Gasteiger partial charge in [-0.25, -0.2) is 5.43 Å². The summed E-state index contributed by atoms with van der Waals surface area (Å²) in [6.45, 7) is 7.77. The van der Waals surface area contributed by atoms with Crippen LogP contribution >= 0.6 is 0 Å². The summed E-state index contributed by atoms with van der Waals surface area (Å²) in [6.07, 6.45) is 13.5. The molecule has 2 aliphatic heterocycles. The van der Waals surface area contributed by atoms with Gasteiger partial charge in [0.25, 0.3) is 5.91 Å². The predicted octanol–water partition coefficient (Wildman–Crippen LogP) is 3.24. The van der Waals surface area contributed by atoms with Crippen molar-refractivity contribution in [3.05, 3.63) is 40.6 Å². The third-order valence-corrected chi connectivity index (χ3v) is 6.82. The van der Waals surface area contributed by atoms with E-state index in [9.17, 15) is 4.79 Å². The number of H-pyrrole nitrogens is 1. The van der Waals surface area contributed by atoms with Crippen LogP contribution < -0.4 is 10.7 Å². The van der Waals surface area contributed by atoms with Gasteiger partial charge < -0.3 is 15.2 Å². The molecule has 0 radical (unpaired) electrons. The molecule has 0 saturated heterocycles. The Balaban J connectivity index is 1.51. The Kier molecular flexibility index (Phi) is 5.52. The Labute approximate surface area is 183 Å². The molecule has 4 aliphatic rings. The van der Waals surface area contributed by atoms with Gasteiger partial charge in [0.1, 0.15) is 5.92 Å². The topological polar surface area (TPSA) is 84.9 Å². The zero-order valence-corrected chi connectivity index (χ0v) is 18.4. The summed E-state index contributed by atoms with van der Waals surface area (Å²) in [7, 11) is 0. The number of hydrazone groups is 1. The van der Waals surface area contributed by atoms with Crippen LogP contribution in [0.2, 0.25) is 0 Å². The molecular weight excluding hydrogens is 388 g/mol. The maximum absolute atomic E-state index is 12.2. The first kappa shape index (κ1) is 20.2. The highest BCUT2D eigenvalue weighted by atomic mass is 16.2. The van der Waals surface area contributed by atoms with E-state index in [2.05, 4.69) is 50.6 Å². The van der Waals surface area contributed by atoms with Crippen LogP contribution in [0.3, 0.4) is 0 Å². The fraction of sp³-hybridized carbons (Fsp3) is 0.542. The quantitative estimate of drug-likeness (QED) is 0.573. The number of hydrogen-bond acceptors (Lipinski definition) is 5. The molecule has 7 heteroatoms. The second kappa shape index (κ2) is 8.46. The fourth-order valence-electron chi connectivity index (χ4n) is 4.75.